The number of carbonyl (C=O) groups is 18. The lowest BCUT2D eigenvalue weighted by Crippen LogP contribution is -2.62. The molecule has 0 aliphatic carbocycles. The van der Waals surface area contributed by atoms with Crippen molar-refractivity contribution in [1.29, 1.82) is 0 Å². The van der Waals surface area contributed by atoms with Crippen molar-refractivity contribution in [1.82, 2.24) is 63.8 Å². The van der Waals surface area contributed by atoms with Gasteiger partial charge in [0.15, 0.2) is 0 Å². The van der Waals surface area contributed by atoms with Crippen LogP contribution >= 0.6 is 11.8 Å². The number of carboxylic acids is 3. The first-order valence-corrected chi connectivity index (χ1v) is 32.9. The number of aliphatic hydroxyl groups excluding tert-OH is 1. The SMILES string of the molecule is CC[C@H](C)[C@H](NC(=O)[C@H](CC(=O)O)NC(=O)[C@H](CCC(N)=O)NC(=O)CNC(=O)CNC(C)=O)C(=O)N[C@@H](Cc1ccccc1)C(=O)N[C@@H](CCSC)C(=O)N[C@H](C(=O)N[C@@H](CCC(=O)O)C(=O)N[C@@H](CCC(=O)O)C(=O)N[C@@H](CCC(N)=O)C(=O)N[C@@H](CCCCN)C(N)=O)[C@@H](C)O. The van der Waals surface area contributed by atoms with Crippen LogP contribution < -0.4 is 86.7 Å². The van der Waals surface area contributed by atoms with Crippen molar-refractivity contribution in [3.8, 4) is 0 Å². The van der Waals surface area contributed by atoms with Crippen LogP contribution in [-0.2, 0) is 92.7 Å². The van der Waals surface area contributed by atoms with Gasteiger partial charge in [-0.15, -0.1) is 0 Å². The number of aliphatic carboxylic acids is 3. The maximum Gasteiger partial charge on any atom is 0.305 e. The van der Waals surface area contributed by atoms with E-state index in [2.05, 4.69) is 63.8 Å². The van der Waals surface area contributed by atoms with E-state index in [1.165, 1.54) is 18.7 Å². The van der Waals surface area contributed by atoms with E-state index in [9.17, 15) is 107 Å². The summed E-state index contributed by atoms with van der Waals surface area (Å²) in [5, 5.41) is 67.9. The number of hydrogen-bond acceptors (Lipinski definition) is 21. The molecule has 0 radical (unpaired) electrons. The molecule has 1 rings (SSSR count). The van der Waals surface area contributed by atoms with Gasteiger partial charge >= 0.3 is 17.9 Å². The first kappa shape index (κ1) is 87.0. The number of amides is 15. The van der Waals surface area contributed by atoms with Crippen LogP contribution in [0, 0.1) is 5.92 Å². The Kier molecular flexibility index (Phi) is 40.6. The molecule has 0 saturated carbocycles. The summed E-state index contributed by atoms with van der Waals surface area (Å²) >= 11 is 1.20. The molecular weight excluding hydrogens is 1330 g/mol. The van der Waals surface area contributed by atoms with Crippen LogP contribution in [0.15, 0.2) is 30.3 Å². The van der Waals surface area contributed by atoms with Crippen LogP contribution in [0.4, 0.5) is 0 Å². The number of aliphatic hydroxyl groups is 1. The normalized spacial score (nSPS) is 14.5. The summed E-state index contributed by atoms with van der Waals surface area (Å²) in [6, 6.07) is -9.17. The Morgan fingerprint density at radius 1 is 0.455 bits per heavy atom. The molecule has 0 aromatic heterocycles. The molecule has 1 aromatic carbocycles. The molecule has 0 aliphatic rings. The van der Waals surface area contributed by atoms with Crippen LogP contribution in [0.3, 0.4) is 0 Å². The molecule has 0 saturated heterocycles. The van der Waals surface area contributed by atoms with Gasteiger partial charge in [0.05, 0.1) is 25.6 Å². The van der Waals surface area contributed by atoms with Crippen LogP contribution in [0.2, 0.25) is 0 Å². The lowest BCUT2D eigenvalue weighted by molar-refractivity contribution is -0.142. The molecule has 99 heavy (non-hydrogen) atoms. The quantitative estimate of drug-likeness (QED) is 0.0270. The number of thioether (sulfide) groups is 1. The van der Waals surface area contributed by atoms with Crippen molar-refractivity contribution in [3.05, 3.63) is 35.9 Å². The smallest absolute Gasteiger partial charge is 0.305 e. The lowest BCUT2D eigenvalue weighted by Gasteiger charge is -2.30. The minimum Gasteiger partial charge on any atom is -0.481 e. The van der Waals surface area contributed by atoms with E-state index >= 15 is 0 Å². The van der Waals surface area contributed by atoms with E-state index in [0.29, 0.717) is 18.4 Å². The predicted octanol–water partition coefficient (Wildman–Crippen LogP) is -7.14. The highest BCUT2D eigenvalue weighted by Gasteiger charge is 2.39. The van der Waals surface area contributed by atoms with Gasteiger partial charge in [0, 0.05) is 39.0 Å². The summed E-state index contributed by atoms with van der Waals surface area (Å²) in [5.74, 6) is -21.0. The highest BCUT2D eigenvalue weighted by molar-refractivity contribution is 7.98. The molecule has 12 atom stereocenters. The second-order valence-electron chi connectivity index (χ2n) is 23.0. The van der Waals surface area contributed by atoms with E-state index < -0.39 is 250 Å². The average molecular weight is 1420 g/mol. The molecule has 39 heteroatoms. The van der Waals surface area contributed by atoms with Crippen molar-refractivity contribution in [2.75, 3.05) is 31.6 Å². The maximum atomic E-state index is 14.6. The summed E-state index contributed by atoms with van der Waals surface area (Å²) in [5.41, 5.74) is 22.0. The molecule has 1 aromatic rings. The molecule has 38 nitrogen and oxygen atoms in total. The van der Waals surface area contributed by atoms with E-state index in [-0.39, 0.29) is 38.0 Å². The highest BCUT2D eigenvalue weighted by Crippen LogP contribution is 2.14. The third-order valence-corrected chi connectivity index (χ3v) is 15.4. The zero-order valence-electron chi connectivity index (χ0n) is 55.6. The first-order valence-electron chi connectivity index (χ1n) is 31.5. The van der Waals surface area contributed by atoms with E-state index in [0.717, 1.165) is 13.8 Å². The fourth-order valence-corrected chi connectivity index (χ4v) is 9.57. The van der Waals surface area contributed by atoms with Crippen molar-refractivity contribution in [2.45, 2.75) is 191 Å². The molecule has 15 amide bonds. The number of unbranched alkanes of at least 4 members (excludes halogenated alkanes) is 1. The Bertz CT molecular complexity index is 3000. The van der Waals surface area contributed by atoms with Crippen molar-refractivity contribution < 1.29 is 107 Å². The Balaban J connectivity index is 3.69. The van der Waals surface area contributed by atoms with Gasteiger partial charge in [0.2, 0.25) is 88.6 Å². The van der Waals surface area contributed by atoms with Gasteiger partial charge in [-0.25, -0.2) is 0 Å². The Hall–Kier alpha value is -10.0. The standard InChI is InChI=1S/C60H94N16O22S/c1-6-30(2)49(75-58(96)41(27-48(87)88)73-52(90)35(15-19-42(62)79)67-45(82)29-66-44(81)28-65-32(4)78)59(97)74-40(26-33-12-8-7-9-13-33)57(95)71-39(23-25-99-5)56(94)76-50(31(3)77)60(98)72-38(18-22-47(85)86)55(93)70-37(17-21-46(83)84)54(92)69-36(16-20-43(63)80)53(91)68-34(51(64)89)14-10-11-24-61/h7-9,12-13,30-31,34-41,49-50,77H,6,10-11,14-29,61H2,1-5H3,(H2,62,79)(H2,63,80)(H2,64,89)(H,65,78)(H,66,81)(H,67,82)(H,68,91)(H,69,92)(H,70,93)(H,71,95)(H,72,98)(H,73,90)(H,74,97)(H,75,96)(H,76,94)(H,83,84)(H,85,86)(H,87,88)/t30-,31+,34-,35-,36-,37-,38-,39-,40-,41-,49-,50-/m0/s1. The molecular formula is C60H94N16O22S. The summed E-state index contributed by atoms with van der Waals surface area (Å²) in [4.78, 5) is 235. The number of nitrogens with two attached hydrogens (primary N) is 4. The molecule has 24 N–H and O–H groups in total. The second-order valence-corrected chi connectivity index (χ2v) is 23.9. The minimum absolute atomic E-state index is 0.0285. The summed E-state index contributed by atoms with van der Waals surface area (Å²) in [6.07, 6.45) is -5.86. The van der Waals surface area contributed by atoms with E-state index in [1.54, 1.807) is 43.5 Å². The van der Waals surface area contributed by atoms with Gasteiger partial charge < -0.3 is 107 Å². The number of benzene rings is 1. The van der Waals surface area contributed by atoms with Gasteiger partial charge in [-0.3, -0.25) is 86.3 Å². The monoisotopic (exact) mass is 1420 g/mol. The molecule has 0 bridgehead atoms. The topological polar surface area (TPSA) is 637 Å². The van der Waals surface area contributed by atoms with Gasteiger partial charge in [0.1, 0.15) is 60.4 Å². The fraction of sp³-hybridized carbons (Fsp3) is 0.600. The zero-order valence-corrected chi connectivity index (χ0v) is 56.4. The van der Waals surface area contributed by atoms with Gasteiger partial charge in [-0.2, -0.15) is 11.8 Å². The van der Waals surface area contributed by atoms with Crippen LogP contribution in [-0.4, -0.2) is 225 Å². The van der Waals surface area contributed by atoms with Gasteiger partial charge in [-0.1, -0.05) is 50.6 Å². The maximum absolute atomic E-state index is 14.6. The molecule has 0 aliphatic heterocycles. The van der Waals surface area contributed by atoms with Crippen LogP contribution in [0.5, 0.6) is 0 Å². The van der Waals surface area contributed by atoms with Crippen LogP contribution in [0.1, 0.15) is 123 Å². The summed E-state index contributed by atoms with van der Waals surface area (Å²) < 4.78 is 0. The predicted molar refractivity (Wildman–Crippen MR) is 350 cm³/mol. The third-order valence-electron chi connectivity index (χ3n) is 14.8. The Labute approximate surface area is 573 Å². The first-order chi connectivity index (χ1) is 46.5. The summed E-state index contributed by atoms with van der Waals surface area (Å²) in [6.45, 7) is 4.32. The van der Waals surface area contributed by atoms with Crippen LogP contribution in [0.25, 0.3) is 0 Å². The molecule has 0 spiro atoms. The number of hydrogen-bond donors (Lipinski definition) is 20. The molecule has 0 fully saturated rings. The zero-order chi connectivity index (χ0) is 75.1. The average Bonchev–Trinajstić information content (AvgIpc) is 0.858. The second kappa shape index (κ2) is 46.2. The number of primary amides is 3. The number of rotatable bonds is 50. The molecule has 0 unspecified atom stereocenters. The van der Waals surface area contributed by atoms with Crippen molar-refractivity contribution in [2.24, 2.45) is 28.9 Å². The largest absolute Gasteiger partial charge is 0.481 e. The van der Waals surface area contributed by atoms with Gasteiger partial charge in [0.25, 0.3) is 0 Å². The highest BCUT2D eigenvalue weighted by atomic mass is 32.2. The fourth-order valence-electron chi connectivity index (χ4n) is 9.10. The van der Waals surface area contributed by atoms with E-state index in [1.807, 2.05) is 0 Å². The molecule has 552 valence electrons. The number of carbonyl (C=O) groups excluding carboxylic acids is 15. The van der Waals surface area contributed by atoms with E-state index in [4.69, 9.17) is 22.9 Å². The summed E-state index contributed by atoms with van der Waals surface area (Å²) in [7, 11) is 0. The third kappa shape index (κ3) is 35.7. The van der Waals surface area contributed by atoms with Gasteiger partial charge in [-0.05, 0) is 88.3 Å². The number of carboxylic acid groups (broad SMARTS) is 3. The number of nitrogens with one attached hydrogen (secondary N) is 12. The van der Waals surface area contributed by atoms with Crippen molar-refractivity contribution in [3.63, 3.8) is 0 Å². The van der Waals surface area contributed by atoms with Crippen molar-refractivity contribution >= 4 is 118 Å². The lowest BCUT2D eigenvalue weighted by atomic mass is 9.96. The molecule has 0 heterocycles. The Morgan fingerprint density at radius 3 is 1.30 bits per heavy atom. The Morgan fingerprint density at radius 2 is 0.859 bits per heavy atom. The minimum atomic E-state index is -2.02.